The van der Waals surface area contributed by atoms with Gasteiger partial charge in [0.1, 0.15) is 4.34 Å². The Bertz CT molecular complexity index is 1120. The molecule has 3 heterocycles. The Labute approximate surface area is 192 Å². The third-order valence-corrected chi connectivity index (χ3v) is 6.78. The Morgan fingerprint density at radius 3 is 2.76 bits per heavy atom. The lowest BCUT2D eigenvalue weighted by atomic mass is 10.2. The molecule has 5 nitrogen and oxygen atoms in total. The highest BCUT2D eigenvalue weighted by molar-refractivity contribution is 7.22. The molecule has 0 radical (unpaired) electrons. The molecule has 0 aliphatic carbocycles. The summed E-state index contributed by atoms with van der Waals surface area (Å²) in [5, 5.41) is 0.662. The molecule has 10 heteroatoms. The number of nitrogens with zero attached hydrogens (tertiary/aromatic N) is 4. The average molecular weight is 488 g/mol. The maximum absolute atomic E-state index is 13.3. The fourth-order valence-corrected chi connectivity index (χ4v) is 5.42. The van der Waals surface area contributed by atoms with Gasteiger partial charge in [0.05, 0.1) is 26.4 Å². The number of carbonyl (C=O) groups excluding carboxylic acids is 1. The van der Waals surface area contributed by atoms with Crippen LogP contribution in [-0.4, -0.2) is 27.0 Å². The van der Waals surface area contributed by atoms with E-state index in [1.54, 1.807) is 23.5 Å². The highest BCUT2D eigenvalue weighted by Gasteiger charge is 2.24. The van der Waals surface area contributed by atoms with Crippen molar-refractivity contribution in [1.82, 2.24) is 14.5 Å². The Hall–Kier alpha value is -1.64. The van der Waals surface area contributed by atoms with Gasteiger partial charge in [-0.2, -0.15) is 0 Å². The summed E-state index contributed by atoms with van der Waals surface area (Å²) < 4.78 is 3.92. The van der Waals surface area contributed by atoms with Gasteiger partial charge in [0.25, 0.3) is 5.91 Å². The molecule has 0 fully saturated rings. The molecule has 1 amide bonds. The van der Waals surface area contributed by atoms with Gasteiger partial charge < -0.3 is 4.57 Å². The van der Waals surface area contributed by atoms with Gasteiger partial charge in [-0.1, -0.05) is 40.6 Å². The van der Waals surface area contributed by atoms with Gasteiger partial charge in [-0.25, -0.2) is 9.97 Å². The molecule has 152 valence electrons. The second-order valence-electron chi connectivity index (χ2n) is 6.32. The summed E-state index contributed by atoms with van der Waals surface area (Å²) in [5.41, 5.74) is 2.45. The first-order valence-electron chi connectivity index (χ1n) is 8.61. The quantitative estimate of drug-likeness (QED) is 0.319. The molecule has 0 N–H and O–H groups in total. The number of thiophene rings is 1. The molecule has 0 bridgehead atoms. The number of rotatable bonds is 6. The number of halogens is 3. The number of anilines is 1. The fraction of sp³-hybridized carbons (Fsp3) is 0.211. The second-order valence-corrected chi connectivity index (χ2v) is 9.61. The van der Waals surface area contributed by atoms with Gasteiger partial charge in [-0.3, -0.25) is 9.69 Å². The lowest BCUT2D eigenvalue weighted by Crippen LogP contribution is -2.32. The standard InChI is InChI=1S/C19H16Cl2N4OS2.ClH/c1-12-3-4-14-15(9-12)27-19(23-14)25(7-2-6-24-8-5-22-11-24)18(26)13-10-16(20)28-17(13)21;/h3-5,8-11H,2,6-7H2,1H3;1H. The molecule has 0 spiro atoms. The number of hydrogen-bond acceptors (Lipinski definition) is 5. The lowest BCUT2D eigenvalue weighted by Gasteiger charge is -2.19. The number of benzene rings is 1. The summed E-state index contributed by atoms with van der Waals surface area (Å²) in [6, 6.07) is 7.70. The van der Waals surface area contributed by atoms with Crippen molar-refractivity contribution in [3.8, 4) is 0 Å². The molecule has 0 unspecified atom stereocenters. The minimum atomic E-state index is -0.186. The average Bonchev–Trinajstić information content (AvgIpc) is 3.38. The minimum absolute atomic E-state index is 0. The lowest BCUT2D eigenvalue weighted by molar-refractivity contribution is 0.0987. The van der Waals surface area contributed by atoms with Crippen molar-refractivity contribution in [2.45, 2.75) is 19.9 Å². The van der Waals surface area contributed by atoms with Crippen LogP contribution in [0.25, 0.3) is 10.2 Å². The van der Waals surface area contributed by atoms with Gasteiger partial charge >= 0.3 is 0 Å². The number of fused-ring (bicyclic) bond motifs is 1. The van der Waals surface area contributed by atoms with E-state index in [1.807, 2.05) is 29.8 Å². The molecule has 0 aliphatic heterocycles. The summed E-state index contributed by atoms with van der Waals surface area (Å²) in [6.07, 6.45) is 6.17. The smallest absolute Gasteiger partial charge is 0.262 e. The van der Waals surface area contributed by atoms with E-state index in [9.17, 15) is 4.79 Å². The number of aromatic nitrogens is 3. The van der Waals surface area contributed by atoms with E-state index < -0.39 is 0 Å². The minimum Gasteiger partial charge on any atom is -0.337 e. The number of thiazole rings is 1. The van der Waals surface area contributed by atoms with Gasteiger partial charge in [-0.05, 0) is 37.1 Å². The molecule has 0 atom stereocenters. The Kier molecular flexibility index (Phi) is 7.19. The van der Waals surface area contributed by atoms with Crippen LogP contribution in [0, 0.1) is 6.92 Å². The van der Waals surface area contributed by atoms with E-state index >= 15 is 0 Å². The number of imidazole rings is 1. The van der Waals surface area contributed by atoms with Crippen LogP contribution in [0.2, 0.25) is 8.67 Å². The first-order chi connectivity index (χ1) is 13.5. The molecule has 4 rings (SSSR count). The molecule has 4 aromatic rings. The number of amides is 1. The zero-order valence-electron chi connectivity index (χ0n) is 15.3. The van der Waals surface area contributed by atoms with Crippen LogP contribution < -0.4 is 4.90 Å². The number of carbonyl (C=O) groups is 1. The first-order valence-corrected chi connectivity index (χ1v) is 11.0. The largest absolute Gasteiger partial charge is 0.337 e. The molecule has 1 aromatic carbocycles. The van der Waals surface area contributed by atoms with Crippen LogP contribution in [0.15, 0.2) is 43.0 Å². The fourth-order valence-electron chi connectivity index (χ4n) is 2.88. The summed E-state index contributed by atoms with van der Waals surface area (Å²) in [7, 11) is 0. The highest BCUT2D eigenvalue weighted by atomic mass is 35.5. The number of aryl methyl sites for hydroxylation is 2. The molecule has 0 saturated carbocycles. The maximum Gasteiger partial charge on any atom is 0.262 e. The Morgan fingerprint density at radius 2 is 2.07 bits per heavy atom. The van der Waals surface area contributed by atoms with Gasteiger partial charge in [0.15, 0.2) is 5.13 Å². The highest BCUT2D eigenvalue weighted by Crippen LogP contribution is 2.35. The van der Waals surface area contributed by atoms with E-state index in [0.717, 1.165) is 28.7 Å². The van der Waals surface area contributed by atoms with Crippen LogP contribution in [0.5, 0.6) is 0 Å². The summed E-state index contributed by atoms with van der Waals surface area (Å²) >= 11 is 15.0. The van der Waals surface area contributed by atoms with Crippen molar-refractivity contribution < 1.29 is 4.79 Å². The molecular formula is C19H17Cl3N4OS2. The van der Waals surface area contributed by atoms with Crippen LogP contribution in [0.4, 0.5) is 5.13 Å². The molecular weight excluding hydrogens is 471 g/mol. The first kappa shape index (κ1) is 22.1. The third kappa shape index (κ3) is 4.92. The SMILES string of the molecule is Cc1ccc2nc(N(CCCn3ccnc3)C(=O)c3cc(Cl)sc3Cl)sc2c1.Cl. The second kappa shape index (κ2) is 9.45. The van der Waals surface area contributed by atoms with Crippen molar-refractivity contribution in [1.29, 1.82) is 0 Å². The summed E-state index contributed by atoms with van der Waals surface area (Å²) in [5.74, 6) is -0.186. The van der Waals surface area contributed by atoms with Crippen LogP contribution in [-0.2, 0) is 6.54 Å². The zero-order chi connectivity index (χ0) is 19.7. The molecule has 0 aliphatic rings. The van der Waals surface area contributed by atoms with E-state index in [4.69, 9.17) is 23.2 Å². The van der Waals surface area contributed by atoms with Gasteiger partial charge in [0, 0.05) is 25.5 Å². The topological polar surface area (TPSA) is 51.0 Å². The van der Waals surface area contributed by atoms with E-state index in [2.05, 4.69) is 16.0 Å². The van der Waals surface area contributed by atoms with Crippen LogP contribution >= 0.6 is 58.3 Å². The number of hydrogen-bond donors (Lipinski definition) is 0. The normalized spacial score (nSPS) is 10.9. The van der Waals surface area contributed by atoms with Crippen molar-refractivity contribution in [3.05, 3.63) is 62.8 Å². The Balaban J connectivity index is 0.00000240. The zero-order valence-corrected chi connectivity index (χ0v) is 19.3. The van der Waals surface area contributed by atoms with Crippen LogP contribution in [0.3, 0.4) is 0 Å². The molecule has 3 aromatic heterocycles. The summed E-state index contributed by atoms with van der Waals surface area (Å²) in [6.45, 7) is 3.31. The monoisotopic (exact) mass is 486 g/mol. The molecule has 29 heavy (non-hydrogen) atoms. The van der Waals surface area contributed by atoms with Crippen molar-refractivity contribution >= 4 is 79.5 Å². The van der Waals surface area contributed by atoms with E-state index in [0.29, 0.717) is 25.9 Å². The summed E-state index contributed by atoms with van der Waals surface area (Å²) in [4.78, 5) is 23.7. The third-order valence-electron chi connectivity index (χ3n) is 4.25. The molecule has 0 saturated heterocycles. The Morgan fingerprint density at radius 1 is 1.24 bits per heavy atom. The van der Waals surface area contributed by atoms with Crippen molar-refractivity contribution in [2.75, 3.05) is 11.4 Å². The van der Waals surface area contributed by atoms with Crippen molar-refractivity contribution in [3.63, 3.8) is 0 Å². The van der Waals surface area contributed by atoms with Gasteiger partial charge in [-0.15, -0.1) is 23.7 Å². The van der Waals surface area contributed by atoms with E-state index in [1.165, 1.54) is 22.7 Å². The van der Waals surface area contributed by atoms with E-state index in [-0.39, 0.29) is 18.3 Å². The predicted molar refractivity (Wildman–Crippen MR) is 124 cm³/mol. The van der Waals surface area contributed by atoms with Crippen molar-refractivity contribution in [2.24, 2.45) is 0 Å². The van der Waals surface area contributed by atoms with Gasteiger partial charge in [0.2, 0.25) is 0 Å². The predicted octanol–water partition coefficient (Wildman–Crippen LogP) is 6.33. The van der Waals surface area contributed by atoms with Crippen LogP contribution in [0.1, 0.15) is 22.3 Å². The maximum atomic E-state index is 13.3.